The van der Waals surface area contributed by atoms with Gasteiger partial charge in [-0.2, -0.15) is 0 Å². The minimum Gasteiger partial charge on any atom is -0.490 e. The molecular weight excluding hydrogens is 214 g/mol. The Morgan fingerprint density at radius 2 is 2.27 bits per heavy atom. The molecule has 0 aromatic carbocycles. The highest BCUT2D eigenvalue weighted by Gasteiger charge is 2.13. The molecule has 2 rings (SSSR count). The van der Waals surface area contributed by atoms with Crippen molar-refractivity contribution in [3.8, 4) is 5.75 Å². The molecule has 0 radical (unpaired) electrons. The molecule has 1 fully saturated rings. The van der Waals surface area contributed by atoms with E-state index < -0.39 is 0 Å². The lowest BCUT2D eigenvalue weighted by Gasteiger charge is -2.22. The average Bonchev–Trinajstić information content (AvgIpc) is 2.30. The first kappa shape index (κ1) is 10.6. The maximum Gasteiger partial charge on any atom is 0.222 e. The van der Waals surface area contributed by atoms with E-state index in [2.05, 4.69) is 15.3 Å². The third-order valence-electron chi connectivity index (χ3n) is 2.48. The molecule has 1 unspecified atom stereocenters. The summed E-state index contributed by atoms with van der Waals surface area (Å²) in [5.74, 6) is 1.28. The lowest BCUT2D eigenvalue weighted by molar-refractivity contribution is 0.217. The summed E-state index contributed by atoms with van der Waals surface area (Å²) >= 11 is 5.57. The molecule has 15 heavy (non-hydrogen) atoms. The first-order chi connectivity index (χ1) is 7.34. The first-order valence-corrected chi connectivity index (χ1v) is 5.53. The summed E-state index contributed by atoms with van der Waals surface area (Å²) in [7, 11) is 0. The van der Waals surface area contributed by atoms with E-state index in [1.165, 1.54) is 12.8 Å². The summed E-state index contributed by atoms with van der Waals surface area (Å²) in [6.45, 7) is 2.88. The van der Waals surface area contributed by atoms with Gasteiger partial charge in [-0.3, -0.25) is 0 Å². The minimum atomic E-state index is 0.252. The lowest BCUT2D eigenvalue weighted by atomic mass is 10.0. The average molecular weight is 228 g/mol. The number of halogens is 1. The van der Waals surface area contributed by atoms with Crippen LogP contribution in [-0.2, 0) is 0 Å². The Morgan fingerprint density at radius 3 is 2.93 bits per heavy atom. The van der Waals surface area contributed by atoms with Crippen molar-refractivity contribution in [2.24, 2.45) is 5.92 Å². The Hall–Kier alpha value is -0.870. The molecule has 1 aromatic heterocycles. The van der Waals surface area contributed by atoms with E-state index in [1.54, 1.807) is 12.4 Å². The van der Waals surface area contributed by atoms with Crippen molar-refractivity contribution in [3.05, 3.63) is 17.7 Å². The number of ether oxygens (including phenoxy) is 1. The number of nitrogens with zero attached hydrogens (tertiary/aromatic N) is 2. The Bertz CT molecular complexity index is 298. The van der Waals surface area contributed by atoms with Crippen molar-refractivity contribution in [3.63, 3.8) is 0 Å². The van der Waals surface area contributed by atoms with Crippen molar-refractivity contribution >= 4 is 11.6 Å². The fraction of sp³-hybridized carbons (Fsp3) is 0.600. The predicted molar refractivity (Wildman–Crippen MR) is 58.1 cm³/mol. The molecule has 5 heteroatoms. The van der Waals surface area contributed by atoms with E-state index in [-0.39, 0.29) is 5.28 Å². The minimum absolute atomic E-state index is 0.252. The molecule has 0 bridgehead atoms. The number of hydrogen-bond acceptors (Lipinski definition) is 4. The maximum absolute atomic E-state index is 5.58. The van der Waals surface area contributed by atoms with Gasteiger partial charge in [0.25, 0.3) is 0 Å². The number of aromatic nitrogens is 2. The number of rotatable bonds is 3. The molecule has 0 spiro atoms. The summed E-state index contributed by atoms with van der Waals surface area (Å²) in [6.07, 6.45) is 5.66. The molecule has 1 N–H and O–H groups in total. The molecule has 82 valence electrons. The fourth-order valence-corrected chi connectivity index (χ4v) is 1.75. The van der Waals surface area contributed by atoms with Crippen LogP contribution in [0.5, 0.6) is 5.75 Å². The second kappa shape index (κ2) is 5.28. The van der Waals surface area contributed by atoms with Gasteiger partial charge in [-0.05, 0) is 31.0 Å². The van der Waals surface area contributed by atoms with E-state index in [9.17, 15) is 0 Å². The van der Waals surface area contributed by atoms with E-state index >= 15 is 0 Å². The summed E-state index contributed by atoms with van der Waals surface area (Å²) in [5.41, 5.74) is 0. The standard InChI is InChI=1S/C10H14ClN3O/c11-10-13-5-9(6-14-10)15-7-8-2-1-3-12-4-8/h5-6,8,12H,1-4,7H2. The summed E-state index contributed by atoms with van der Waals surface area (Å²) in [6, 6.07) is 0. The van der Waals surface area contributed by atoms with Gasteiger partial charge in [0.15, 0.2) is 5.75 Å². The monoisotopic (exact) mass is 227 g/mol. The zero-order valence-corrected chi connectivity index (χ0v) is 9.20. The summed E-state index contributed by atoms with van der Waals surface area (Å²) < 4.78 is 5.58. The Balaban J connectivity index is 1.79. The van der Waals surface area contributed by atoms with Crippen LogP contribution < -0.4 is 10.1 Å². The topological polar surface area (TPSA) is 47.0 Å². The van der Waals surface area contributed by atoms with Gasteiger partial charge in [-0.25, -0.2) is 9.97 Å². The van der Waals surface area contributed by atoms with Crippen LogP contribution in [0.1, 0.15) is 12.8 Å². The number of hydrogen-bond donors (Lipinski definition) is 1. The van der Waals surface area contributed by atoms with Crippen LogP contribution in [0.25, 0.3) is 0 Å². The zero-order valence-electron chi connectivity index (χ0n) is 8.45. The fourth-order valence-electron chi connectivity index (χ4n) is 1.66. The van der Waals surface area contributed by atoms with Crippen LogP contribution in [0, 0.1) is 5.92 Å². The molecule has 0 aliphatic carbocycles. The second-order valence-electron chi connectivity index (χ2n) is 3.71. The van der Waals surface area contributed by atoms with Gasteiger partial charge in [0.05, 0.1) is 19.0 Å². The van der Waals surface area contributed by atoms with Crippen LogP contribution >= 0.6 is 11.6 Å². The van der Waals surface area contributed by atoms with Crippen LogP contribution in [0.15, 0.2) is 12.4 Å². The van der Waals surface area contributed by atoms with Gasteiger partial charge in [-0.1, -0.05) is 0 Å². The quantitative estimate of drug-likeness (QED) is 0.796. The van der Waals surface area contributed by atoms with Gasteiger partial charge in [0.1, 0.15) is 0 Å². The lowest BCUT2D eigenvalue weighted by Crippen LogP contribution is -2.33. The number of piperidine rings is 1. The van der Waals surface area contributed by atoms with E-state index in [1.807, 2.05) is 0 Å². The molecular formula is C10H14ClN3O. The number of nitrogens with one attached hydrogen (secondary N) is 1. The molecule has 4 nitrogen and oxygen atoms in total. The Morgan fingerprint density at radius 1 is 1.47 bits per heavy atom. The molecule has 2 heterocycles. The smallest absolute Gasteiger partial charge is 0.222 e. The zero-order chi connectivity index (χ0) is 10.5. The summed E-state index contributed by atoms with van der Waals surface area (Å²) in [5, 5.41) is 3.60. The molecule has 0 saturated carbocycles. The van der Waals surface area contributed by atoms with Crippen LogP contribution in [0.3, 0.4) is 0 Å². The molecule has 0 amide bonds. The third kappa shape index (κ3) is 3.32. The van der Waals surface area contributed by atoms with Gasteiger partial charge in [0, 0.05) is 12.5 Å². The second-order valence-corrected chi connectivity index (χ2v) is 4.05. The molecule has 1 atom stereocenters. The molecule has 1 aliphatic heterocycles. The van der Waals surface area contributed by atoms with Crippen molar-refractivity contribution in [1.82, 2.24) is 15.3 Å². The van der Waals surface area contributed by atoms with Gasteiger partial charge in [-0.15, -0.1) is 0 Å². The predicted octanol–water partition coefficient (Wildman–Crippen LogP) is 1.51. The van der Waals surface area contributed by atoms with Crippen LogP contribution in [-0.4, -0.2) is 29.7 Å². The highest BCUT2D eigenvalue weighted by molar-refractivity contribution is 6.28. The van der Waals surface area contributed by atoms with E-state index in [0.717, 1.165) is 19.7 Å². The Labute approximate surface area is 94.0 Å². The van der Waals surface area contributed by atoms with E-state index in [4.69, 9.17) is 16.3 Å². The van der Waals surface area contributed by atoms with Crippen LogP contribution in [0.4, 0.5) is 0 Å². The molecule has 1 aliphatic rings. The van der Waals surface area contributed by atoms with Gasteiger partial charge < -0.3 is 10.1 Å². The molecule has 1 aromatic rings. The maximum atomic E-state index is 5.58. The van der Waals surface area contributed by atoms with Crippen molar-refractivity contribution in [1.29, 1.82) is 0 Å². The van der Waals surface area contributed by atoms with Crippen molar-refractivity contribution in [2.75, 3.05) is 19.7 Å². The highest BCUT2D eigenvalue weighted by atomic mass is 35.5. The van der Waals surface area contributed by atoms with Crippen molar-refractivity contribution < 1.29 is 4.74 Å². The third-order valence-corrected chi connectivity index (χ3v) is 2.68. The SMILES string of the molecule is Clc1ncc(OCC2CCCNC2)cn1. The molecule has 1 saturated heterocycles. The normalized spacial score (nSPS) is 21.3. The Kier molecular flexibility index (Phi) is 3.75. The largest absolute Gasteiger partial charge is 0.490 e. The first-order valence-electron chi connectivity index (χ1n) is 5.15. The van der Waals surface area contributed by atoms with Gasteiger partial charge in [0.2, 0.25) is 5.28 Å². The van der Waals surface area contributed by atoms with Crippen molar-refractivity contribution in [2.45, 2.75) is 12.8 Å². The van der Waals surface area contributed by atoms with E-state index in [0.29, 0.717) is 11.7 Å². The summed E-state index contributed by atoms with van der Waals surface area (Å²) in [4.78, 5) is 7.71. The van der Waals surface area contributed by atoms with Gasteiger partial charge >= 0.3 is 0 Å². The highest BCUT2D eigenvalue weighted by Crippen LogP contribution is 2.14. The van der Waals surface area contributed by atoms with Crippen LogP contribution in [0.2, 0.25) is 5.28 Å².